The number of nitrogens with one attached hydrogen (secondary N) is 3. The topological polar surface area (TPSA) is 190 Å². The molecule has 5 aromatic carbocycles. The summed E-state index contributed by atoms with van der Waals surface area (Å²) in [5.41, 5.74) is 1.35. The first-order chi connectivity index (χ1) is 34.9. The second kappa shape index (κ2) is 22.1. The lowest BCUT2D eigenvalue weighted by Gasteiger charge is -2.49. The summed E-state index contributed by atoms with van der Waals surface area (Å²) in [4.78, 5) is 75.0. The van der Waals surface area contributed by atoms with Gasteiger partial charge in [0.1, 0.15) is 34.7 Å². The van der Waals surface area contributed by atoms with Gasteiger partial charge in [-0.2, -0.15) is 5.10 Å². The molecule has 0 spiro atoms. The molecule has 7 aromatic rings. The Bertz CT molecular complexity index is 2930. The number of β-lactam (4-membered cyclic amide) rings is 1. The van der Waals surface area contributed by atoms with Crippen LogP contribution in [0.1, 0.15) is 67.3 Å². The summed E-state index contributed by atoms with van der Waals surface area (Å²) in [5.74, 6) is -1.69. The van der Waals surface area contributed by atoms with Gasteiger partial charge in [0.2, 0.25) is 5.60 Å². The van der Waals surface area contributed by atoms with E-state index < -0.39 is 52.6 Å². The van der Waals surface area contributed by atoms with E-state index in [1.165, 1.54) is 46.5 Å². The first-order valence-corrected chi connectivity index (χ1v) is 26.4. The van der Waals surface area contributed by atoms with Crippen molar-refractivity contribution in [1.29, 1.82) is 0 Å². The minimum Gasteiger partial charge on any atom is -0.448 e. The molecule has 2 aliphatic heterocycles. The molecule has 0 aliphatic carbocycles. The number of benzene rings is 5. The number of hydrogen-bond acceptors (Lipinski definition) is 15. The largest absolute Gasteiger partial charge is 0.448 e. The van der Waals surface area contributed by atoms with Crippen molar-refractivity contribution in [2.45, 2.75) is 66.2 Å². The number of thioether (sulfide) groups is 3. The Morgan fingerprint density at radius 1 is 0.806 bits per heavy atom. The van der Waals surface area contributed by atoms with E-state index in [1.807, 2.05) is 159 Å². The van der Waals surface area contributed by atoms with E-state index in [0.29, 0.717) is 15.8 Å². The lowest BCUT2D eigenvalue weighted by molar-refractivity contribution is -0.154. The van der Waals surface area contributed by atoms with Gasteiger partial charge in [-0.1, -0.05) is 169 Å². The number of amides is 3. The molecule has 15 nitrogen and oxygen atoms in total. The van der Waals surface area contributed by atoms with E-state index in [4.69, 9.17) is 14.3 Å². The van der Waals surface area contributed by atoms with Crippen LogP contribution in [-0.4, -0.2) is 82.0 Å². The van der Waals surface area contributed by atoms with Gasteiger partial charge in [-0.25, -0.2) is 19.6 Å². The third-order valence-electron chi connectivity index (χ3n) is 11.2. The van der Waals surface area contributed by atoms with Crippen LogP contribution in [0.25, 0.3) is 0 Å². The number of carbonyl (C=O) groups is 4. The number of thiazole rings is 1. The molecule has 19 heteroatoms. The maximum Gasteiger partial charge on any atom is 0.413 e. The van der Waals surface area contributed by atoms with Crippen LogP contribution in [0.15, 0.2) is 184 Å². The third-order valence-corrected chi connectivity index (χ3v) is 15.7. The van der Waals surface area contributed by atoms with Crippen LogP contribution in [0.3, 0.4) is 0 Å². The van der Waals surface area contributed by atoms with Crippen molar-refractivity contribution in [3.05, 3.63) is 207 Å². The zero-order chi connectivity index (χ0) is 50.2. The molecule has 0 saturated carbocycles. The summed E-state index contributed by atoms with van der Waals surface area (Å²) in [6.07, 6.45) is -0.106. The molecule has 2 aromatic heterocycles. The highest BCUT2D eigenvalue weighted by Gasteiger charge is 2.55. The van der Waals surface area contributed by atoms with Crippen LogP contribution in [0.4, 0.5) is 9.93 Å². The number of carbonyl (C=O) groups excluding carboxylic acids is 4. The number of nitrogens with zero attached hydrogens (tertiary/aromatic N) is 5. The number of oxime groups is 1. The third kappa shape index (κ3) is 11.1. The summed E-state index contributed by atoms with van der Waals surface area (Å²) < 4.78 is 11.7. The summed E-state index contributed by atoms with van der Waals surface area (Å²) in [5, 5.41) is 18.6. The van der Waals surface area contributed by atoms with Crippen molar-refractivity contribution in [3.8, 4) is 0 Å². The van der Waals surface area contributed by atoms with Gasteiger partial charge in [0.05, 0.1) is 4.58 Å². The van der Waals surface area contributed by atoms with Crippen molar-refractivity contribution in [2.75, 3.05) is 11.1 Å². The molecular formula is C53H48N8O7S4. The lowest BCUT2D eigenvalue weighted by atomic mass is 9.80. The fraction of sp³-hybridized carbons (Fsp3) is 0.208. The number of aromatic nitrogens is 4. The van der Waals surface area contributed by atoms with Crippen LogP contribution in [0.5, 0.6) is 0 Å². The predicted molar refractivity (Wildman–Crippen MR) is 281 cm³/mol. The quantitative estimate of drug-likeness (QED) is 0.0149. The average Bonchev–Trinajstić information content (AvgIpc) is 4.09. The van der Waals surface area contributed by atoms with E-state index in [0.717, 1.165) is 39.2 Å². The normalized spacial score (nSPS) is 16.3. The summed E-state index contributed by atoms with van der Waals surface area (Å²) in [7, 11) is 0. The molecule has 1 saturated heterocycles. The number of esters is 1. The first kappa shape index (κ1) is 49.8. The van der Waals surface area contributed by atoms with Gasteiger partial charge in [0.25, 0.3) is 11.8 Å². The number of anilines is 1. The minimum atomic E-state index is -1.39. The maximum atomic E-state index is 15.0. The van der Waals surface area contributed by atoms with Gasteiger partial charge < -0.3 is 19.6 Å². The Hall–Kier alpha value is -7.19. The number of hydrogen-bond donors (Lipinski definition) is 3. The molecule has 9 rings (SSSR count). The SMILES string of the molecule is CC(SC1=C(C(=O)OC(c2ccccc2)c2ccccc2)N2C(=O)C(NC(=O)C(=NOC(c3ccccc3)(c3ccccc3)c3ccccc3)c3csc(NC(=O)OC(C)(C)C)n3)[C@@H]2SC1)Sc1ncn[nH]1. The standard InChI is InChI=1S/C53H48N8O7S4/c1-33(72-49-54-32-55-59-49)71-40-31-69-47-42(46(63)61(47)43(40)48(64)66-44(34-20-10-5-11-21-34)35-22-12-6-13-23-35)57-45(62)41(39-30-70-50(56-39)58-51(65)67-52(2,3)4)60-68-53(36-24-14-7-15-25-36,37-26-16-8-17-27-37)38-28-18-9-19-29-38/h5-30,32-33,42,44,47H,31H2,1-4H3,(H,57,62)(H,54,55,59)(H,56,58,65)/t33?,42?,47-/m0/s1. The van der Waals surface area contributed by atoms with E-state index >= 15 is 0 Å². The second-order valence-electron chi connectivity index (χ2n) is 17.3. The second-order valence-corrected chi connectivity index (χ2v) is 22.3. The highest BCUT2D eigenvalue weighted by atomic mass is 32.2. The van der Waals surface area contributed by atoms with Crippen molar-refractivity contribution >= 4 is 81.3 Å². The number of rotatable bonds is 17. The van der Waals surface area contributed by atoms with Crippen molar-refractivity contribution < 1.29 is 33.5 Å². The molecule has 72 heavy (non-hydrogen) atoms. The fourth-order valence-corrected chi connectivity index (χ4v) is 12.5. The molecular weight excluding hydrogens is 989 g/mol. The molecule has 3 amide bonds. The first-order valence-electron chi connectivity index (χ1n) is 22.7. The molecule has 2 unspecified atom stereocenters. The van der Waals surface area contributed by atoms with E-state index in [-0.39, 0.29) is 26.8 Å². The van der Waals surface area contributed by atoms with Gasteiger partial charge in [0.15, 0.2) is 22.1 Å². The van der Waals surface area contributed by atoms with Gasteiger partial charge in [0, 0.05) is 32.7 Å². The minimum absolute atomic E-state index is 0.0560. The Labute approximate surface area is 432 Å². The molecule has 4 heterocycles. The van der Waals surface area contributed by atoms with E-state index in [9.17, 15) is 19.2 Å². The smallest absolute Gasteiger partial charge is 0.413 e. The lowest BCUT2D eigenvalue weighted by Crippen LogP contribution is -2.71. The Morgan fingerprint density at radius 3 is 1.89 bits per heavy atom. The van der Waals surface area contributed by atoms with Gasteiger partial charge in [-0.15, -0.1) is 34.9 Å². The average molecular weight is 1040 g/mol. The van der Waals surface area contributed by atoms with E-state index in [2.05, 4.69) is 36.0 Å². The van der Waals surface area contributed by atoms with Crippen molar-refractivity contribution in [2.24, 2.45) is 5.16 Å². The molecule has 3 N–H and O–H groups in total. The predicted octanol–water partition coefficient (Wildman–Crippen LogP) is 10.1. The molecule has 3 atom stereocenters. The highest BCUT2D eigenvalue weighted by Crippen LogP contribution is 2.47. The zero-order valence-electron chi connectivity index (χ0n) is 39.3. The maximum absolute atomic E-state index is 15.0. The molecule has 2 aliphatic rings. The van der Waals surface area contributed by atoms with Crippen LogP contribution < -0.4 is 10.6 Å². The zero-order valence-corrected chi connectivity index (χ0v) is 42.6. The molecule has 0 bridgehead atoms. The van der Waals surface area contributed by atoms with Gasteiger partial charge >= 0.3 is 12.1 Å². The highest BCUT2D eigenvalue weighted by molar-refractivity contribution is 8.19. The summed E-state index contributed by atoms with van der Waals surface area (Å²) >= 11 is 5.29. The van der Waals surface area contributed by atoms with Crippen LogP contribution in [-0.2, 0) is 34.3 Å². The van der Waals surface area contributed by atoms with Crippen molar-refractivity contribution in [3.63, 3.8) is 0 Å². The number of fused-ring (bicyclic) bond motifs is 1. The molecule has 0 radical (unpaired) electrons. The Kier molecular flexibility index (Phi) is 15.3. The van der Waals surface area contributed by atoms with E-state index in [1.54, 1.807) is 26.2 Å². The monoisotopic (exact) mass is 1040 g/mol. The molecule has 1 fully saturated rings. The Morgan fingerprint density at radius 2 is 1.36 bits per heavy atom. The molecule has 366 valence electrons. The van der Waals surface area contributed by atoms with Crippen LogP contribution in [0, 0.1) is 0 Å². The van der Waals surface area contributed by atoms with Gasteiger partial charge in [-0.05, 0) is 38.8 Å². The number of H-pyrrole nitrogens is 1. The number of aromatic amines is 1. The summed E-state index contributed by atoms with van der Waals surface area (Å²) in [6, 6.07) is 46.3. The number of ether oxygens (including phenoxy) is 2. The van der Waals surface area contributed by atoms with Crippen molar-refractivity contribution in [1.82, 2.24) is 30.4 Å². The van der Waals surface area contributed by atoms with Gasteiger partial charge in [-0.3, -0.25) is 24.9 Å². The summed E-state index contributed by atoms with van der Waals surface area (Å²) in [6.45, 7) is 7.20. The Balaban J connectivity index is 1.06. The van der Waals surface area contributed by atoms with Crippen LogP contribution in [0.2, 0.25) is 0 Å². The van der Waals surface area contributed by atoms with Crippen LogP contribution >= 0.6 is 46.6 Å². The fourth-order valence-electron chi connectivity index (χ4n) is 8.09.